The van der Waals surface area contributed by atoms with Crippen LogP contribution in [0, 0.1) is 11.8 Å². The predicted molar refractivity (Wildman–Crippen MR) is 61.0 cm³/mol. The van der Waals surface area contributed by atoms with Crippen LogP contribution in [0.5, 0.6) is 5.75 Å². The maximum Gasteiger partial charge on any atom is 0.119 e. The molecule has 0 unspecified atom stereocenters. The first-order chi connectivity index (χ1) is 7.34. The molecular formula is C12H13BrO2. The fourth-order valence-electron chi connectivity index (χ4n) is 2.32. The summed E-state index contributed by atoms with van der Waals surface area (Å²) < 4.78 is 12.4. The van der Waals surface area contributed by atoms with E-state index < -0.39 is 0 Å². The molecule has 0 aromatic heterocycles. The standard InChI is InChI=1S/C12H13BrO2/c13-8-1-3-9(4-2-8)15-7-11-10-5-6-14-12(10)11/h1-4,10-12H,5-7H2/t10-,11+,12-/m1/s1. The third-order valence-electron chi connectivity index (χ3n) is 3.27. The summed E-state index contributed by atoms with van der Waals surface area (Å²) in [6.45, 7) is 1.75. The molecule has 1 saturated heterocycles. The molecule has 3 heteroatoms. The molecule has 0 amide bonds. The van der Waals surface area contributed by atoms with Gasteiger partial charge in [-0.1, -0.05) is 15.9 Å². The minimum absolute atomic E-state index is 0.500. The van der Waals surface area contributed by atoms with E-state index in [1.54, 1.807) is 0 Å². The quantitative estimate of drug-likeness (QED) is 0.840. The van der Waals surface area contributed by atoms with E-state index in [4.69, 9.17) is 9.47 Å². The maximum absolute atomic E-state index is 5.72. The van der Waals surface area contributed by atoms with E-state index in [1.807, 2.05) is 24.3 Å². The summed E-state index contributed by atoms with van der Waals surface area (Å²) in [6, 6.07) is 7.98. The fourth-order valence-corrected chi connectivity index (χ4v) is 2.58. The van der Waals surface area contributed by atoms with Crippen molar-refractivity contribution in [3.8, 4) is 5.75 Å². The Bertz CT molecular complexity index is 339. The number of rotatable bonds is 3. The molecule has 1 aliphatic carbocycles. The molecule has 1 aromatic rings. The zero-order valence-electron chi connectivity index (χ0n) is 8.36. The molecule has 1 saturated carbocycles. The summed E-state index contributed by atoms with van der Waals surface area (Å²) in [6.07, 6.45) is 1.72. The molecule has 3 rings (SSSR count). The van der Waals surface area contributed by atoms with Gasteiger partial charge in [-0.25, -0.2) is 0 Å². The van der Waals surface area contributed by atoms with Crippen LogP contribution in [-0.4, -0.2) is 19.3 Å². The summed E-state index contributed by atoms with van der Waals surface area (Å²) >= 11 is 3.40. The molecule has 0 spiro atoms. The van der Waals surface area contributed by atoms with Gasteiger partial charge < -0.3 is 9.47 Å². The Hall–Kier alpha value is -0.540. The average Bonchev–Trinajstić information content (AvgIpc) is 2.71. The van der Waals surface area contributed by atoms with Gasteiger partial charge in [0, 0.05) is 17.0 Å². The Morgan fingerprint density at radius 3 is 2.80 bits per heavy atom. The Morgan fingerprint density at radius 1 is 1.33 bits per heavy atom. The second kappa shape index (κ2) is 3.80. The number of hydrogen-bond acceptors (Lipinski definition) is 2. The van der Waals surface area contributed by atoms with Crippen molar-refractivity contribution < 1.29 is 9.47 Å². The van der Waals surface area contributed by atoms with E-state index in [2.05, 4.69) is 15.9 Å². The van der Waals surface area contributed by atoms with Crippen LogP contribution < -0.4 is 4.74 Å². The topological polar surface area (TPSA) is 18.5 Å². The third kappa shape index (κ3) is 1.91. The largest absolute Gasteiger partial charge is 0.493 e. The molecule has 0 bridgehead atoms. The van der Waals surface area contributed by atoms with Gasteiger partial charge in [-0.05, 0) is 36.6 Å². The zero-order valence-corrected chi connectivity index (χ0v) is 9.94. The van der Waals surface area contributed by atoms with E-state index in [1.165, 1.54) is 6.42 Å². The summed E-state index contributed by atoms with van der Waals surface area (Å²) in [4.78, 5) is 0. The van der Waals surface area contributed by atoms with Gasteiger partial charge in [0.2, 0.25) is 0 Å². The molecular weight excluding hydrogens is 256 g/mol. The molecule has 3 atom stereocenters. The van der Waals surface area contributed by atoms with Gasteiger partial charge in [-0.15, -0.1) is 0 Å². The maximum atomic E-state index is 5.72. The monoisotopic (exact) mass is 268 g/mol. The molecule has 2 nitrogen and oxygen atoms in total. The van der Waals surface area contributed by atoms with Gasteiger partial charge in [0.25, 0.3) is 0 Å². The van der Waals surface area contributed by atoms with Crippen molar-refractivity contribution in [1.29, 1.82) is 0 Å². The van der Waals surface area contributed by atoms with Gasteiger partial charge in [0.05, 0.1) is 12.7 Å². The van der Waals surface area contributed by atoms with Gasteiger partial charge in [0.1, 0.15) is 5.75 Å². The van der Waals surface area contributed by atoms with Crippen LogP contribution in [0.15, 0.2) is 28.7 Å². The molecule has 80 valence electrons. The Balaban J connectivity index is 1.52. The lowest BCUT2D eigenvalue weighted by molar-refractivity contribution is 0.123. The van der Waals surface area contributed by atoms with Crippen LogP contribution in [0.3, 0.4) is 0 Å². The number of ether oxygens (including phenoxy) is 2. The SMILES string of the molecule is Brc1ccc(OC[C@H]2[C@H]3CCO[C@H]32)cc1. The van der Waals surface area contributed by atoms with Crippen molar-refractivity contribution in [1.82, 2.24) is 0 Å². The lowest BCUT2D eigenvalue weighted by atomic mass is 10.2. The fraction of sp³-hybridized carbons (Fsp3) is 0.500. The zero-order chi connectivity index (χ0) is 10.3. The minimum Gasteiger partial charge on any atom is -0.493 e. The van der Waals surface area contributed by atoms with Crippen LogP contribution in [0.2, 0.25) is 0 Å². The van der Waals surface area contributed by atoms with Gasteiger partial charge in [-0.2, -0.15) is 0 Å². The number of benzene rings is 1. The smallest absolute Gasteiger partial charge is 0.119 e. The van der Waals surface area contributed by atoms with Crippen molar-refractivity contribution in [3.05, 3.63) is 28.7 Å². The van der Waals surface area contributed by atoms with E-state index in [0.29, 0.717) is 12.0 Å². The second-order valence-corrected chi connectivity index (χ2v) is 5.13. The molecule has 0 radical (unpaired) electrons. The van der Waals surface area contributed by atoms with Crippen LogP contribution >= 0.6 is 15.9 Å². The Kier molecular flexibility index (Phi) is 2.45. The number of fused-ring (bicyclic) bond motifs is 1. The van der Waals surface area contributed by atoms with Crippen LogP contribution in [0.4, 0.5) is 0 Å². The number of halogens is 1. The first-order valence-corrected chi connectivity index (χ1v) is 6.14. The lowest BCUT2D eigenvalue weighted by Gasteiger charge is -2.07. The highest BCUT2D eigenvalue weighted by atomic mass is 79.9. The highest BCUT2D eigenvalue weighted by molar-refractivity contribution is 9.10. The first kappa shape index (κ1) is 9.67. The van der Waals surface area contributed by atoms with Crippen molar-refractivity contribution in [2.75, 3.05) is 13.2 Å². The molecule has 0 N–H and O–H groups in total. The third-order valence-corrected chi connectivity index (χ3v) is 3.80. The predicted octanol–water partition coefficient (Wildman–Crippen LogP) is 2.86. The first-order valence-electron chi connectivity index (χ1n) is 5.34. The average molecular weight is 269 g/mol. The molecule has 1 aromatic carbocycles. The van der Waals surface area contributed by atoms with Gasteiger partial charge in [0.15, 0.2) is 0 Å². The summed E-state index contributed by atoms with van der Waals surface area (Å²) in [7, 11) is 0. The molecule has 1 heterocycles. The second-order valence-electron chi connectivity index (χ2n) is 4.22. The van der Waals surface area contributed by atoms with Crippen molar-refractivity contribution >= 4 is 15.9 Å². The van der Waals surface area contributed by atoms with Crippen LogP contribution in [0.1, 0.15) is 6.42 Å². The van der Waals surface area contributed by atoms with Crippen LogP contribution in [0.25, 0.3) is 0 Å². The summed E-state index contributed by atoms with van der Waals surface area (Å²) in [5, 5.41) is 0. The van der Waals surface area contributed by atoms with Gasteiger partial charge >= 0.3 is 0 Å². The van der Waals surface area contributed by atoms with E-state index in [9.17, 15) is 0 Å². The van der Waals surface area contributed by atoms with Gasteiger partial charge in [-0.3, -0.25) is 0 Å². The molecule has 2 fully saturated rings. The number of hydrogen-bond donors (Lipinski definition) is 0. The Morgan fingerprint density at radius 2 is 2.13 bits per heavy atom. The molecule has 1 aliphatic heterocycles. The van der Waals surface area contributed by atoms with Crippen LogP contribution in [-0.2, 0) is 4.74 Å². The molecule has 2 aliphatic rings. The van der Waals surface area contributed by atoms with Crippen molar-refractivity contribution in [2.45, 2.75) is 12.5 Å². The highest BCUT2D eigenvalue weighted by Gasteiger charge is 2.54. The van der Waals surface area contributed by atoms with E-state index in [-0.39, 0.29) is 0 Å². The normalized spacial score (nSPS) is 32.5. The van der Waals surface area contributed by atoms with E-state index >= 15 is 0 Å². The Labute approximate surface area is 97.7 Å². The molecule has 15 heavy (non-hydrogen) atoms. The highest BCUT2D eigenvalue weighted by Crippen LogP contribution is 2.48. The summed E-state index contributed by atoms with van der Waals surface area (Å²) in [5.74, 6) is 2.37. The van der Waals surface area contributed by atoms with Crippen molar-refractivity contribution in [3.63, 3.8) is 0 Å². The minimum atomic E-state index is 0.500. The van der Waals surface area contributed by atoms with E-state index in [0.717, 1.165) is 29.4 Å². The summed E-state index contributed by atoms with van der Waals surface area (Å²) in [5.41, 5.74) is 0. The van der Waals surface area contributed by atoms with Crippen molar-refractivity contribution in [2.24, 2.45) is 11.8 Å². The lowest BCUT2D eigenvalue weighted by Crippen LogP contribution is -2.07.